The van der Waals surface area contributed by atoms with Crippen molar-refractivity contribution in [3.8, 4) is 0 Å². The van der Waals surface area contributed by atoms with Crippen LogP contribution in [0.25, 0.3) is 0 Å². The zero-order chi connectivity index (χ0) is 27.4. The van der Waals surface area contributed by atoms with Gasteiger partial charge in [0.1, 0.15) is 0 Å². The number of halogens is 2. The number of anilines is 2. The van der Waals surface area contributed by atoms with Crippen molar-refractivity contribution in [2.45, 2.75) is 58.4 Å². The number of benzene rings is 3. The van der Waals surface area contributed by atoms with Crippen LogP contribution in [0.4, 0.5) is 11.4 Å². The molecule has 0 radical (unpaired) electrons. The highest BCUT2D eigenvalue weighted by molar-refractivity contribution is 6.34. The van der Waals surface area contributed by atoms with Crippen molar-refractivity contribution in [2.24, 2.45) is 0 Å². The number of rotatable bonds is 6. The molecule has 2 N–H and O–H groups in total. The van der Waals surface area contributed by atoms with Crippen LogP contribution in [0, 0.1) is 6.92 Å². The first-order valence-corrected chi connectivity index (χ1v) is 13.8. The highest BCUT2D eigenvalue weighted by Gasteiger charge is 2.28. The molecule has 0 saturated carbocycles. The molecule has 1 aliphatic rings. The highest BCUT2D eigenvalue weighted by atomic mass is 35.5. The summed E-state index contributed by atoms with van der Waals surface area (Å²) >= 11 is 12.6. The van der Waals surface area contributed by atoms with Crippen LogP contribution < -0.4 is 15.5 Å². The van der Waals surface area contributed by atoms with Crippen molar-refractivity contribution >= 4 is 46.4 Å². The fraction of sp³-hybridized carbons (Fsp3) is 0.355. The summed E-state index contributed by atoms with van der Waals surface area (Å²) in [5.74, 6) is -0.0252. The lowest BCUT2D eigenvalue weighted by molar-refractivity contribution is 0.0985. The van der Waals surface area contributed by atoms with Crippen molar-refractivity contribution in [2.75, 3.05) is 23.3 Å². The van der Waals surface area contributed by atoms with Gasteiger partial charge < -0.3 is 15.5 Å². The second kappa shape index (κ2) is 11.9. The minimum Gasteiger partial charge on any atom is -0.322 e. The van der Waals surface area contributed by atoms with Gasteiger partial charge in [0, 0.05) is 34.0 Å². The van der Waals surface area contributed by atoms with E-state index in [1.165, 1.54) is 0 Å². The number of nitrogens with zero attached hydrogens (tertiary/aromatic N) is 1. The summed E-state index contributed by atoms with van der Waals surface area (Å²) in [5.41, 5.74) is 4.51. The predicted octanol–water partition coefficient (Wildman–Crippen LogP) is 7.86. The molecule has 1 unspecified atom stereocenters. The normalized spacial score (nSPS) is 15.5. The van der Waals surface area contributed by atoms with E-state index < -0.39 is 0 Å². The molecule has 2 amide bonds. The molecule has 1 heterocycles. The number of hydrogen-bond acceptors (Lipinski definition) is 3. The predicted molar refractivity (Wildman–Crippen MR) is 158 cm³/mol. The summed E-state index contributed by atoms with van der Waals surface area (Å²) in [5, 5.41) is 7.54. The zero-order valence-corrected chi connectivity index (χ0v) is 23.9. The van der Waals surface area contributed by atoms with Crippen molar-refractivity contribution in [3.05, 3.63) is 93.0 Å². The van der Waals surface area contributed by atoms with Gasteiger partial charge in [0.05, 0.1) is 10.6 Å². The minimum atomic E-state index is -0.292. The smallest absolute Gasteiger partial charge is 0.258 e. The van der Waals surface area contributed by atoms with Crippen LogP contribution in [0.15, 0.2) is 60.7 Å². The van der Waals surface area contributed by atoms with Gasteiger partial charge in [-0.2, -0.15) is 0 Å². The third-order valence-corrected chi connectivity index (χ3v) is 7.45. The van der Waals surface area contributed by atoms with Crippen LogP contribution >= 0.6 is 23.2 Å². The third kappa shape index (κ3) is 6.76. The standard InChI is InChI=1S/C31H35Cl2N3O2/c1-20-18-23(35-29(37)25-9-5-6-10-27(25)33)12-13-24(20)30(38)36-17-7-8-21(15-16-34-31(2,3)4)26-19-22(32)11-14-28(26)36/h5-6,9-14,18-19,21,34H,7-8,15-17H2,1-4H3,(H,35,37). The summed E-state index contributed by atoms with van der Waals surface area (Å²) in [4.78, 5) is 28.4. The Labute approximate surface area is 235 Å². The number of nitrogens with one attached hydrogen (secondary N) is 2. The maximum Gasteiger partial charge on any atom is 0.258 e. The van der Waals surface area contributed by atoms with Crippen molar-refractivity contribution < 1.29 is 9.59 Å². The fourth-order valence-electron chi connectivity index (χ4n) is 4.97. The summed E-state index contributed by atoms with van der Waals surface area (Å²) in [7, 11) is 0. The number of fused-ring (bicyclic) bond motifs is 1. The molecular weight excluding hydrogens is 517 g/mol. The summed E-state index contributed by atoms with van der Waals surface area (Å²) < 4.78 is 0. The van der Waals surface area contributed by atoms with Gasteiger partial charge in [0.2, 0.25) is 0 Å². The molecule has 3 aromatic carbocycles. The van der Waals surface area contributed by atoms with Crippen LogP contribution in [0.3, 0.4) is 0 Å². The summed E-state index contributed by atoms with van der Waals surface area (Å²) in [6.07, 6.45) is 2.88. The van der Waals surface area contributed by atoms with Crippen LogP contribution in [-0.4, -0.2) is 30.4 Å². The SMILES string of the molecule is Cc1cc(NC(=O)c2ccccc2Cl)ccc1C(=O)N1CCCC(CCNC(C)(C)C)c2cc(Cl)ccc21. The topological polar surface area (TPSA) is 61.4 Å². The molecule has 1 atom stereocenters. The van der Waals surface area contributed by atoms with E-state index in [4.69, 9.17) is 23.2 Å². The molecule has 4 rings (SSSR count). The second-order valence-corrected chi connectivity index (χ2v) is 11.8. The van der Waals surface area contributed by atoms with Gasteiger partial charge in [0.15, 0.2) is 0 Å². The van der Waals surface area contributed by atoms with Gasteiger partial charge in [-0.1, -0.05) is 35.3 Å². The lowest BCUT2D eigenvalue weighted by Crippen LogP contribution is -2.36. The molecule has 200 valence electrons. The van der Waals surface area contributed by atoms with Crippen LogP contribution in [0.1, 0.15) is 77.8 Å². The molecule has 0 bridgehead atoms. The van der Waals surface area contributed by atoms with E-state index in [9.17, 15) is 9.59 Å². The van der Waals surface area contributed by atoms with E-state index in [-0.39, 0.29) is 17.4 Å². The first kappa shape index (κ1) is 28.2. The van der Waals surface area contributed by atoms with Gasteiger partial charge in [-0.15, -0.1) is 0 Å². The first-order chi connectivity index (χ1) is 18.0. The number of carbonyl (C=O) groups excluding carboxylic acids is 2. The maximum absolute atomic E-state index is 13.8. The Bertz CT molecular complexity index is 1330. The van der Waals surface area contributed by atoms with Crippen molar-refractivity contribution in [1.82, 2.24) is 5.32 Å². The van der Waals surface area contributed by atoms with E-state index in [1.807, 2.05) is 36.1 Å². The van der Waals surface area contributed by atoms with Crippen LogP contribution in [0.5, 0.6) is 0 Å². The lowest BCUT2D eigenvalue weighted by Gasteiger charge is -2.26. The fourth-order valence-corrected chi connectivity index (χ4v) is 5.37. The maximum atomic E-state index is 13.8. The van der Waals surface area contributed by atoms with Gasteiger partial charge in [-0.05, 0) is 119 Å². The molecule has 0 aromatic heterocycles. The molecule has 0 saturated heterocycles. The van der Waals surface area contributed by atoms with Crippen molar-refractivity contribution in [1.29, 1.82) is 0 Å². The molecular formula is C31H35Cl2N3O2. The molecule has 0 spiro atoms. The Kier molecular flexibility index (Phi) is 8.81. The van der Waals surface area contributed by atoms with E-state index in [0.29, 0.717) is 39.3 Å². The Morgan fingerprint density at radius 1 is 1.00 bits per heavy atom. The number of carbonyl (C=O) groups is 2. The van der Waals surface area contributed by atoms with Gasteiger partial charge in [-0.3, -0.25) is 9.59 Å². The van der Waals surface area contributed by atoms with Crippen LogP contribution in [-0.2, 0) is 0 Å². The molecule has 0 aliphatic carbocycles. The highest BCUT2D eigenvalue weighted by Crippen LogP contribution is 2.39. The van der Waals surface area contributed by atoms with Gasteiger partial charge in [-0.25, -0.2) is 0 Å². The number of hydrogen-bond donors (Lipinski definition) is 2. The Balaban J connectivity index is 1.56. The second-order valence-electron chi connectivity index (χ2n) is 10.9. The first-order valence-electron chi connectivity index (χ1n) is 13.1. The van der Waals surface area contributed by atoms with Gasteiger partial charge in [0.25, 0.3) is 11.8 Å². The van der Waals surface area contributed by atoms with E-state index in [2.05, 4.69) is 31.4 Å². The monoisotopic (exact) mass is 551 g/mol. The third-order valence-electron chi connectivity index (χ3n) is 6.88. The molecule has 7 heteroatoms. The molecule has 0 fully saturated rings. The molecule has 1 aliphatic heterocycles. The number of aryl methyl sites for hydroxylation is 1. The Hall–Kier alpha value is -2.86. The molecule has 3 aromatic rings. The largest absolute Gasteiger partial charge is 0.322 e. The summed E-state index contributed by atoms with van der Waals surface area (Å²) in [6.45, 7) is 9.93. The molecule has 38 heavy (non-hydrogen) atoms. The average Bonchev–Trinajstić information content (AvgIpc) is 3.02. The van der Waals surface area contributed by atoms with Gasteiger partial charge >= 0.3 is 0 Å². The quantitative estimate of drug-likeness (QED) is 0.327. The summed E-state index contributed by atoms with van der Waals surface area (Å²) in [6, 6.07) is 18.1. The van der Waals surface area contributed by atoms with E-state index in [0.717, 1.165) is 42.6 Å². The zero-order valence-electron chi connectivity index (χ0n) is 22.4. The van der Waals surface area contributed by atoms with Crippen LogP contribution in [0.2, 0.25) is 10.0 Å². The minimum absolute atomic E-state index is 0.0523. The van der Waals surface area contributed by atoms with E-state index in [1.54, 1.807) is 36.4 Å². The van der Waals surface area contributed by atoms with Crippen molar-refractivity contribution in [3.63, 3.8) is 0 Å². The Morgan fingerprint density at radius 3 is 2.47 bits per heavy atom. The average molecular weight is 553 g/mol. The number of amides is 2. The lowest BCUT2D eigenvalue weighted by atomic mass is 9.90. The molecule has 5 nitrogen and oxygen atoms in total. The Morgan fingerprint density at radius 2 is 1.76 bits per heavy atom. The van der Waals surface area contributed by atoms with E-state index >= 15 is 0 Å².